The number of anilines is 1. The maximum Gasteiger partial charge on any atom is 0.256 e. The largest absolute Gasteiger partial charge is 0.337 e. The van der Waals surface area contributed by atoms with Gasteiger partial charge in [-0.1, -0.05) is 24.3 Å². The van der Waals surface area contributed by atoms with Crippen molar-refractivity contribution >= 4 is 23.2 Å². The van der Waals surface area contributed by atoms with E-state index in [1.165, 1.54) is 12.1 Å². The number of hydrogen-bond acceptors (Lipinski definition) is 6. The van der Waals surface area contributed by atoms with Crippen LogP contribution in [0.3, 0.4) is 0 Å². The molecule has 0 bridgehead atoms. The molecule has 1 aliphatic rings. The first-order valence-electron chi connectivity index (χ1n) is 10.3. The van der Waals surface area contributed by atoms with Crippen molar-refractivity contribution in [3.63, 3.8) is 0 Å². The SMILES string of the molecule is O=C(c1ccccc1F)N1CCN(c2ncc(-c3ccccn3)c(-c3cccs3)n2)CC1. The summed E-state index contributed by atoms with van der Waals surface area (Å²) in [5.74, 6) is -0.159. The molecule has 0 saturated carbocycles. The van der Waals surface area contributed by atoms with Crippen LogP contribution in [0.1, 0.15) is 10.4 Å². The Kier molecular flexibility index (Phi) is 5.60. The third-order valence-corrected chi connectivity index (χ3v) is 6.30. The number of aromatic nitrogens is 3. The number of benzene rings is 1. The minimum absolute atomic E-state index is 0.108. The minimum Gasteiger partial charge on any atom is -0.337 e. The standard InChI is InChI=1S/C24H20FN5OS/c25-19-7-2-1-6-17(19)23(31)29-11-13-30(14-12-29)24-27-16-18(20-8-3-4-10-26-20)22(28-24)21-9-5-15-32-21/h1-10,15-16H,11-14H2. The molecule has 0 radical (unpaired) electrons. The van der Waals surface area contributed by atoms with E-state index < -0.39 is 5.82 Å². The van der Waals surface area contributed by atoms with E-state index in [-0.39, 0.29) is 11.5 Å². The molecule has 1 aromatic carbocycles. The smallest absolute Gasteiger partial charge is 0.256 e. The van der Waals surface area contributed by atoms with Crippen molar-refractivity contribution in [1.29, 1.82) is 0 Å². The van der Waals surface area contributed by atoms with E-state index in [2.05, 4.69) is 14.9 Å². The number of halogens is 1. The first-order valence-corrected chi connectivity index (χ1v) is 11.2. The Bertz CT molecular complexity index is 1220. The summed E-state index contributed by atoms with van der Waals surface area (Å²) in [4.78, 5) is 31.4. The lowest BCUT2D eigenvalue weighted by Crippen LogP contribution is -2.49. The predicted molar refractivity (Wildman–Crippen MR) is 123 cm³/mol. The first-order chi connectivity index (χ1) is 15.7. The molecule has 0 N–H and O–H groups in total. The van der Waals surface area contributed by atoms with Gasteiger partial charge in [-0.3, -0.25) is 9.78 Å². The van der Waals surface area contributed by atoms with Crippen LogP contribution in [0.4, 0.5) is 10.3 Å². The zero-order chi connectivity index (χ0) is 21.9. The lowest BCUT2D eigenvalue weighted by atomic mass is 10.1. The molecule has 0 spiro atoms. The van der Waals surface area contributed by atoms with E-state index in [0.717, 1.165) is 21.8 Å². The molecule has 0 atom stereocenters. The summed E-state index contributed by atoms with van der Waals surface area (Å²) in [7, 11) is 0. The van der Waals surface area contributed by atoms with Gasteiger partial charge in [0.15, 0.2) is 0 Å². The van der Waals surface area contributed by atoms with Crippen molar-refractivity contribution in [3.8, 4) is 21.8 Å². The van der Waals surface area contributed by atoms with Gasteiger partial charge in [0.1, 0.15) is 5.82 Å². The lowest BCUT2D eigenvalue weighted by molar-refractivity contribution is 0.0741. The van der Waals surface area contributed by atoms with Gasteiger partial charge in [-0.2, -0.15) is 0 Å². The van der Waals surface area contributed by atoms with E-state index >= 15 is 0 Å². The summed E-state index contributed by atoms with van der Waals surface area (Å²) in [5, 5.41) is 2.02. The van der Waals surface area contributed by atoms with Crippen molar-refractivity contribution in [2.24, 2.45) is 0 Å². The number of rotatable bonds is 4. The molecule has 1 amide bonds. The van der Waals surface area contributed by atoms with Crippen LogP contribution in [-0.2, 0) is 0 Å². The van der Waals surface area contributed by atoms with Crippen molar-refractivity contribution in [2.45, 2.75) is 0 Å². The molecular formula is C24H20FN5OS. The summed E-state index contributed by atoms with van der Waals surface area (Å²) < 4.78 is 14.0. The number of thiophene rings is 1. The average molecular weight is 446 g/mol. The minimum atomic E-state index is -0.492. The fourth-order valence-corrected chi connectivity index (χ4v) is 4.48. The van der Waals surface area contributed by atoms with E-state index in [0.29, 0.717) is 32.1 Å². The Labute approximate surface area is 189 Å². The van der Waals surface area contributed by atoms with Gasteiger partial charge in [-0.05, 0) is 35.7 Å². The predicted octanol–water partition coefficient (Wildman–Crippen LogP) is 4.37. The molecule has 1 aliphatic heterocycles. The van der Waals surface area contributed by atoms with Gasteiger partial charge in [0.25, 0.3) is 5.91 Å². The van der Waals surface area contributed by atoms with E-state index in [1.807, 2.05) is 41.9 Å². The van der Waals surface area contributed by atoms with Gasteiger partial charge in [0.2, 0.25) is 5.95 Å². The maximum atomic E-state index is 14.0. The van der Waals surface area contributed by atoms with Crippen molar-refractivity contribution in [3.05, 3.63) is 83.8 Å². The molecule has 1 saturated heterocycles. The van der Waals surface area contributed by atoms with Gasteiger partial charge in [0, 0.05) is 44.1 Å². The summed E-state index contributed by atoms with van der Waals surface area (Å²) >= 11 is 1.62. The molecule has 160 valence electrons. The molecular weight excluding hydrogens is 425 g/mol. The zero-order valence-electron chi connectivity index (χ0n) is 17.2. The summed E-state index contributed by atoms with van der Waals surface area (Å²) in [5.41, 5.74) is 2.65. The number of piperazine rings is 1. The number of hydrogen-bond donors (Lipinski definition) is 0. The third-order valence-electron chi connectivity index (χ3n) is 5.43. The highest BCUT2D eigenvalue weighted by atomic mass is 32.1. The van der Waals surface area contributed by atoms with Crippen LogP contribution in [0.15, 0.2) is 72.4 Å². The van der Waals surface area contributed by atoms with Gasteiger partial charge in [-0.25, -0.2) is 14.4 Å². The number of carbonyl (C=O) groups excluding carboxylic acids is 1. The van der Waals surface area contributed by atoms with Gasteiger partial charge in [-0.15, -0.1) is 11.3 Å². The molecule has 8 heteroatoms. The van der Waals surface area contributed by atoms with E-state index in [9.17, 15) is 9.18 Å². The average Bonchev–Trinajstić information content (AvgIpc) is 3.39. The number of amides is 1. The highest BCUT2D eigenvalue weighted by Crippen LogP contribution is 2.33. The molecule has 4 aromatic rings. The second kappa shape index (κ2) is 8.84. The van der Waals surface area contributed by atoms with Crippen molar-refractivity contribution in [2.75, 3.05) is 31.1 Å². The summed E-state index contributed by atoms with van der Waals surface area (Å²) in [6.45, 7) is 2.11. The fraction of sp³-hybridized carbons (Fsp3) is 0.167. The number of pyridine rings is 1. The molecule has 4 heterocycles. The van der Waals surface area contributed by atoms with Gasteiger partial charge in [0.05, 0.1) is 21.8 Å². The molecule has 5 rings (SSSR count). The quantitative estimate of drug-likeness (QED) is 0.467. The second-order valence-electron chi connectivity index (χ2n) is 7.38. The van der Waals surface area contributed by atoms with Gasteiger partial charge >= 0.3 is 0 Å². The van der Waals surface area contributed by atoms with Crippen LogP contribution >= 0.6 is 11.3 Å². The monoisotopic (exact) mass is 445 g/mol. The van der Waals surface area contributed by atoms with Crippen LogP contribution in [0, 0.1) is 5.82 Å². The van der Waals surface area contributed by atoms with Crippen LogP contribution in [0.2, 0.25) is 0 Å². The van der Waals surface area contributed by atoms with Gasteiger partial charge < -0.3 is 9.80 Å². The third kappa shape index (κ3) is 3.97. The Balaban J connectivity index is 1.38. The second-order valence-corrected chi connectivity index (χ2v) is 8.33. The van der Waals surface area contributed by atoms with Crippen LogP contribution in [0.5, 0.6) is 0 Å². The summed E-state index contributed by atoms with van der Waals surface area (Å²) in [6.07, 6.45) is 3.57. The molecule has 32 heavy (non-hydrogen) atoms. The Hall–Kier alpha value is -3.65. The van der Waals surface area contributed by atoms with E-state index in [1.54, 1.807) is 34.6 Å². The Morgan fingerprint density at radius 2 is 1.75 bits per heavy atom. The molecule has 1 fully saturated rings. The Morgan fingerprint density at radius 3 is 2.47 bits per heavy atom. The topological polar surface area (TPSA) is 62.2 Å². The normalized spacial score (nSPS) is 13.9. The molecule has 0 unspecified atom stereocenters. The highest BCUT2D eigenvalue weighted by Gasteiger charge is 2.26. The Morgan fingerprint density at radius 1 is 0.938 bits per heavy atom. The lowest BCUT2D eigenvalue weighted by Gasteiger charge is -2.35. The number of carbonyl (C=O) groups is 1. The highest BCUT2D eigenvalue weighted by molar-refractivity contribution is 7.13. The van der Waals surface area contributed by atoms with Crippen LogP contribution in [-0.4, -0.2) is 51.9 Å². The van der Waals surface area contributed by atoms with E-state index in [4.69, 9.17) is 4.98 Å². The molecule has 0 aliphatic carbocycles. The van der Waals surface area contributed by atoms with Crippen LogP contribution < -0.4 is 4.90 Å². The fourth-order valence-electron chi connectivity index (χ4n) is 3.75. The maximum absolute atomic E-state index is 14.0. The molecule has 6 nitrogen and oxygen atoms in total. The summed E-state index contributed by atoms with van der Waals surface area (Å²) in [6, 6.07) is 15.9. The molecule has 3 aromatic heterocycles. The van der Waals surface area contributed by atoms with Crippen molar-refractivity contribution < 1.29 is 9.18 Å². The first kappa shape index (κ1) is 20.3. The van der Waals surface area contributed by atoms with Crippen LogP contribution in [0.25, 0.3) is 21.8 Å². The zero-order valence-corrected chi connectivity index (χ0v) is 18.0. The van der Waals surface area contributed by atoms with Crippen molar-refractivity contribution in [1.82, 2.24) is 19.9 Å². The number of nitrogens with zero attached hydrogens (tertiary/aromatic N) is 5.